The van der Waals surface area contributed by atoms with Crippen LogP contribution in [0.4, 0.5) is 0 Å². The van der Waals surface area contributed by atoms with Gasteiger partial charge in [-0.2, -0.15) is 5.10 Å². The van der Waals surface area contributed by atoms with Crippen molar-refractivity contribution in [3.63, 3.8) is 0 Å². The number of aromatic nitrogens is 3. The Balaban J connectivity index is 2.09. The van der Waals surface area contributed by atoms with E-state index in [9.17, 15) is 0 Å². The molecule has 0 radical (unpaired) electrons. The molecular weight excluding hydrogens is 228 g/mol. The first-order chi connectivity index (χ1) is 8.65. The van der Waals surface area contributed by atoms with Crippen molar-refractivity contribution in [2.45, 2.75) is 33.2 Å². The molecule has 1 aromatic heterocycles. The van der Waals surface area contributed by atoms with Crippen LogP contribution in [0.25, 0.3) is 0 Å². The Hall–Kier alpha value is -0.940. The molecule has 0 spiro atoms. The number of nitrogens with one attached hydrogen (secondary N) is 1. The van der Waals surface area contributed by atoms with Crippen LogP contribution in [0.3, 0.4) is 0 Å². The van der Waals surface area contributed by atoms with E-state index in [0.717, 1.165) is 45.0 Å². The molecule has 0 amide bonds. The third kappa shape index (κ3) is 3.09. The summed E-state index contributed by atoms with van der Waals surface area (Å²) >= 11 is 0. The first kappa shape index (κ1) is 13.5. The van der Waals surface area contributed by atoms with E-state index in [1.165, 1.54) is 0 Å². The molecule has 1 N–H and O–H groups in total. The number of nitrogens with zero attached hydrogens (tertiary/aromatic N) is 3. The van der Waals surface area contributed by atoms with E-state index >= 15 is 0 Å². The Morgan fingerprint density at radius 1 is 1.56 bits per heavy atom. The zero-order valence-electron chi connectivity index (χ0n) is 11.6. The van der Waals surface area contributed by atoms with Gasteiger partial charge in [0.25, 0.3) is 0 Å². The topological polar surface area (TPSA) is 52.0 Å². The minimum Gasteiger partial charge on any atom is -0.381 e. The molecule has 2 rings (SSSR count). The largest absolute Gasteiger partial charge is 0.381 e. The molecule has 18 heavy (non-hydrogen) atoms. The highest BCUT2D eigenvalue weighted by Crippen LogP contribution is 2.31. The fraction of sp³-hybridized carbons (Fsp3) is 0.846. The summed E-state index contributed by atoms with van der Waals surface area (Å²) in [7, 11) is 2.00. The fourth-order valence-electron chi connectivity index (χ4n) is 2.62. The lowest BCUT2D eigenvalue weighted by atomic mass is 9.83. The minimum atomic E-state index is 0.191. The Bertz CT molecular complexity index is 369. The summed E-state index contributed by atoms with van der Waals surface area (Å²) in [5.41, 5.74) is 0.191. The van der Waals surface area contributed by atoms with E-state index in [2.05, 4.69) is 29.2 Å². The molecule has 1 fully saturated rings. The van der Waals surface area contributed by atoms with Crippen LogP contribution < -0.4 is 5.32 Å². The summed E-state index contributed by atoms with van der Waals surface area (Å²) in [5, 5.41) is 7.62. The molecular formula is C13H24N4O. The molecule has 2 heterocycles. The fourth-order valence-corrected chi connectivity index (χ4v) is 2.62. The Morgan fingerprint density at radius 2 is 2.39 bits per heavy atom. The van der Waals surface area contributed by atoms with Crippen molar-refractivity contribution in [3.05, 3.63) is 12.2 Å². The molecule has 5 nitrogen and oxygen atoms in total. The summed E-state index contributed by atoms with van der Waals surface area (Å²) in [6.07, 6.45) is 3.71. The van der Waals surface area contributed by atoms with Gasteiger partial charge in [0.15, 0.2) is 0 Å². The zero-order valence-corrected chi connectivity index (χ0v) is 11.6. The second-order valence-corrected chi connectivity index (χ2v) is 5.76. The standard InChI is InChI=1S/C13H24N4O/c1-11(2)7-17-12(15-10-16-17)6-13(8-14-3)4-5-18-9-13/h10-11,14H,4-9H2,1-3H3. The second kappa shape index (κ2) is 5.80. The maximum absolute atomic E-state index is 5.59. The van der Waals surface area contributed by atoms with Gasteiger partial charge in [0.1, 0.15) is 12.2 Å². The number of ether oxygens (including phenoxy) is 1. The monoisotopic (exact) mass is 252 g/mol. The highest BCUT2D eigenvalue weighted by atomic mass is 16.5. The molecule has 0 saturated carbocycles. The first-order valence-electron chi connectivity index (χ1n) is 6.74. The number of hydrogen-bond donors (Lipinski definition) is 1. The van der Waals surface area contributed by atoms with E-state index in [1.807, 2.05) is 11.7 Å². The van der Waals surface area contributed by atoms with Crippen molar-refractivity contribution >= 4 is 0 Å². The Morgan fingerprint density at radius 3 is 3.00 bits per heavy atom. The van der Waals surface area contributed by atoms with Crippen molar-refractivity contribution < 1.29 is 4.74 Å². The second-order valence-electron chi connectivity index (χ2n) is 5.76. The van der Waals surface area contributed by atoms with Gasteiger partial charge in [-0.1, -0.05) is 13.8 Å². The molecule has 102 valence electrons. The van der Waals surface area contributed by atoms with Crippen LogP contribution in [0.15, 0.2) is 6.33 Å². The molecule has 0 bridgehead atoms. The summed E-state index contributed by atoms with van der Waals surface area (Å²) in [6, 6.07) is 0. The normalized spacial score (nSPS) is 24.0. The zero-order chi connectivity index (χ0) is 13.0. The molecule has 0 aliphatic carbocycles. The van der Waals surface area contributed by atoms with E-state index in [0.29, 0.717) is 5.92 Å². The molecule has 1 aliphatic heterocycles. The van der Waals surface area contributed by atoms with Crippen LogP contribution in [-0.4, -0.2) is 41.6 Å². The minimum absolute atomic E-state index is 0.191. The Labute approximate surface area is 109 Å². The molecule has 0 aromatic carbocycles. The summed E-state index contributed by atoms with van der Waals surface area (Å²) in [4.78, 5) is 4.43. The molecule has 1 aromatic rings. The maximum Gasteiger partial charge on any atom is 0.138 e. The van der Waals surface area contributed by atoms with Crippen LogP contribution >= 0.6 is 0 Å². The SMILES string of the molecule is CNCC1(Cc2ncnn2CC(C)C)CCOC1. The van der Waals surface area contributed by atoms with Crippen molar-refractivity contribution in [1.29, 1.82) is 0 Å². The van der Waals surface area contributed by atoms with E-state index in [-0.39, 0.29) is 5.41 Å². The predicted molar refractivity (Wildman–Crippen MR) is 70.4 cm³/mol. The highest BCUT2D eigenvalue weighted by molar-refractivity contribution is 4.97. The van der Waals surface area contributed by atoms with Gasteiger partial charge in [-0.05, 0) is 19.4 Å². The molecule has 1 unspecified atom stereocenters. The van der Waals surface area contributed by atoms with Crippen molar-refractivity contribution in [2.75, 3.05) is 26.8 Å². The van der Waals surface area contributed by atoms with Gasteiger partial charge in [-0.3, -0.25) is 0 Å². The maximum atomic E-state index is 5.59. The van der Waals surface area contributed by atoms with Gasteiger partial charge < -0.3 is 10.1 Å². The van der Waals surface area contributed by atoms with Crippen molar-refractivity contribution in [2.24, 2.45) is 11.3 Å². The average molecular weight is 252 g/mol. The highest BCUT2D eigenvalue weighted by Gasteiger charge is 2.35. The Kier molecular flexibility index (Phi) is 4.35. The number of rotatable bonds is 6. The number of hydrogen-bond acceptors (Lipinski definition) is 4. The predicted octanol–water partition coefficient (Wildman–Crippen LogP) is 1.10. The summed E-state index contributed by atoms with van der Waals surface area (Å²) in [6.45, 7) is 8.00. The summed E-state index contributed by atoms with van der Waals surface area (Å²) < 4.78 is 7.63. The molecule has 5 heteroatoms. The lowest BCUT2D eigenvalue weighted by Gasteiger charge is -2.26. The van der Waals surface area contributed by atoms with E-state index < -0.39 is 0 Å². The van der Waals surface area contributed by atoms with Crippen LogP contribution in [0.1, 0.15) is 26.1 Å². The van der Waals surface area contributed by atoms with Crippen molar-refractivity contribution in [3.8, 4) is 0 Å². The lowest BCUT2D eigenvalue weighted by molar-refractivity contribution is 0.148. The van der Waals surface area contributed by atoms with Gasteiger partial charge in [-0.15, -0.1) is 0 Å². The van der Waals surface area contributed by atoms with Gasteiger partial charge >= 0.3 is 0 Å². The molecule has 1 aliphatic rings. The average Bonchev–Trinajstić information content (AvgIpc) is 2.90. The van der Waals surface area contributed by atoms with E-state index in [4.69, 9.17) is 4.74 Å². The van der Waals surface area contributed by atoms with Gasteiger partial charge in [0.05, 0.1) is 6.61 Å². The van der Waals surface area contributed by atoms with Crippen LogP contribution in [0, 0.1) is 11.3 Å². The quantitative estimate of drug-likeness (QED) is 0.824. The van der Waals surface area contributed by atoms with Crippen molar-refractivity contribution in [1.82, 2.24) is 20.1 Å². The lowest BCUT2D eigenvalue weighted by Crippen LogP contribution is -2.36. The van der Waals surface area contributed by atoms with Crippen LogP contribution in [0.5, 0.6) is 0 Å². The van der Waals surface area contributed by atoms with Crippen LogP contribution in [0.2, 0.25) is 0 Å². The third-order valence-electron chi connectivity index (χ3n) is 3.50. The van der Waals surface area contributed by atoms with Gasteiger partial charge in [0, 0.05) is 31.5 Å². The van der Waals surface area contributed by atoms with Crippen LogP contribution in [-0.2, 0) is 17.7 Å². The summed E-state index contributed by atoms with van der Waals surface area (Å²) in [5.74, 6) is 1.68. The first-order valence-corrected chi connectivity index (χ1v) is 6.74. The molecule has 1 atom stereocenters. The van der Waals surface area contributed by atoms with E-state index in [1.54, 1.807) is 6.33 Å². The smallest absolute Gasteiger partial charge is 0.138 e. The van der Waals surface area contributed by atoms with Gasteiger partial charge in [0.2, 0.25) is 0 Å². The van der Waals surface area contributed by atoms with Gasteiger partial charge in [-0.25, -0.2) is 9.67 Å². The molecule has 1 saturated heterocycles. The third-order valence-corrected chi connectivity index (χ3v) is 3.50.